The highest BCUT2D eigenvalue weighted by Gasteiger charge is 2.71. The molecule has 1 aromatic rings. The number of carbonyl (C=O) groups excluding carboxylic acids is 1. The van der Waals surface area contributed by atoms with Crippen LogP contribution in [0.15, 0.2) is 30.3 Å². The number of nitrogens with one attached hydrogen (secondary N) is 1. The Labute approximate surface area is 197 Å². The van der Waals surface area contributed by atoms with Crippen molar-refractivity contribution in [3.63, 3.8) is 0 Å². The van der Waals surface area contributed by atoms with E-state index >= 15 is 0 Å². The standard InChI is InChI=1S/C26H36N2O4S/c1-19(29)27-17-26(30)16-21-9-11-25(26,23(21,2)3)18-33(31,32)28-14-12-24(13-15-28)10-8-20-6-4-5-7-22(20)24/h4-8,10,21,30H,9,11-18H2,1-3H3,(H,27,29)/t21-,25+,26-/m1/s1. The quantitative estimate of drug-likeness (QED) is 0.690. The molecule has 5 rings (SSSR count). The average Bonchev–Trinajstić information content (AvgIpc) is 3.28. The normalized spacial score (nSPS) is 34.0. The molecule has 2 saturated carbocycles. The highest BCUT2D eigenvalue weighted by molar-refractivity contribution is 7.89. The number of hydrogen-bond donors (Lipinski definition) is 2. The van der Waals surface area contributed by atoms with Gasteiger partial charge in [-0.3, -0.25) is 4.79 Å². The number of sulfonamides is 1. The van der Waals surface area contributed by atoms with E-state index in [0.29, 0.717) is 25.9 Å². The van der Waals surface area contributed by atoms with Gasteiger partial charge in [0.15, 0.2) is 0 Å². The smallest absolute Gasteiger partial charge is 0.216 e. The molecule has 3 aliphatic carbocycles. The summed E-state index contributed by atoms with van der Waals surface area (Å²) in [5.41, 5.74) is 0.194. The Kier molecular flexibility index (Phi) is 5.17. The van der Waals surface area contributed by atoms with E-state index < -0.39 is 21.0 Å². The molecule has 1 aliphatic heterocycles. The number of fused-ring (bicyclic) bond motifs is 4. The predicted octanol–water partition coefficient (Wildman–Crippen LogP) is 3.07. The minimum atomic E-state index is -3.58. The summed E-state index contributed by atoms with van der Waals surface area (Å²) in [6.07, 6.45) is 8.11. The number of amides is 1. The van der Waals surface area contributed by atoms with Gasteiger partial charge in [0.1, 0.15) is 0 Å². The Hall–Kier alpha value is -1.70. The molecule has 0 aromatic heterocycles. The number of benzene rings is 1. The Morgan fingerprint density at radius 2 is 1.88 bits per heavy atom. The molecule has 33 heavy (non-hydrogen) atoms. The van der Waals surface area contributed by atoms with Crippen LogP contribution in [-0.4, -0.2) is 54.7 Å². The Balaban J connectivity index is 1.37. The van der Waals surface area contributed by atoms with Gasteiger partial charge in [0.25, 0.3) is 0 Å². The maximum absolute atomic E-state index is 13.8. The SMILES string of the molecule is CC(=O)NC[C@]1(O)C[C@H]2CC[C@]1(CS(=O)(=O)N1CCC3(C=Cc4ccccc43)CC1)C2(C)C. The van der Waals surface area contributed by atoms with Crippen molar-refractivity contribution in [3.05, 3.63) is 41.5 Å². The third kappa shape index (κ3) is 3.26. The molecular weight excluding hydrogens is 436 g/mol. The van der Waals surface area contributed by atoms with Crippen molar-refractivity contribution in [3.8, 4) is 0 Å². The molecule has 1 saturated heterocycles. The fourth-order valence-electron chi connectivity index (χ4n) is 7.63. The first-order valence-electron chi connectivity index (χ1n) is 12.2. The molecule has 2 N–H and O–H groups in total. The molecular formula is C26H36N2O4S. The van der Waals surface area contributed by atoms with E-state index in [0.717, 1.165) is 19.3 Å². The van der Waals surface area contributed by atoms with Gasteiger partial charge in [-0.2, -0.15) is 0 Å². The van der Waals surface area contributed by atoms with Gasteiger partial charge in [0, 0.05) is 37.4 Å². The maximum atomic E-state index is 13.8. The number of hydrogen-bond acceptors (Lipinski definition) is 4. The van der Waals surface area contributed by atoms with Crippen LogP contribution in [0.25, 0.3) is 6.08 Å². The van der Waals surface area contributed by atoms with Gasteiger partial charge >= 0.3 is 0 Å². The Morgan fingerprint density at radius 3 is 2.55 bits per heavy atom. The van der Waals surface area contributed by atoms with Gasteiger partial charge < -0.3 is 10.4 Å². The summed E-state index contributed by atoms with van der Waals surface area (Å²) in [6.45, 7) is 6.75. The lowest BCUT2D eigenvalue weighted by Gasteiger charge is -2.49. The van der Waals surface area contributed by atoms with Gasteiger partial charge in [-0.25, -0.2) is 12.7 Å². The monoisotopic (exact) mass is 472 g/mol. The lowest BCUT2D eigenvalue weighted by Crippen LogP contribution is -2.60. The Morgan fingerprint density at radius 1 is 1.18 bits per heavy atom. The first-order chi connectivity index (χ1) is 15.4. The second-order valence-corrected chi connectivity index (χ2v) is 13.4. The van der Waals surface area contributed by atoms with Crippen LogP contribution in [0, 0.1) is 16.7 Å². The number of piperidine rings is 1. The van der Waals surface area contributed by atoms with Crippen LogP contribution in [0.1, 0.15) is 64.0 Å². The number of rotatable bonds is 5. The number of nitrogens with zero attached hydrogens (tertiary/aromatic N) is 1. The fraction of sp³-hybridized carbons (Fsp3) is 0.654. The van der Waals surface area contributed by atoms with Crippen molar-refractivity contribution in [2.45, 2.75) is 63.9 Å². The number of aliphatic hydroxyl groups is 1. The highest BCUT2D eigenvalue weighted by atomic mass is 32.2. The van der Waals surface area contributed by atoms with Crippen LogP contribution in [0.5, 0.6) is 0 Å². The first-order valence-corrected chi connectivity index (χ1v) is 13.8. The molecule has 6 nitrogen and oxygen atoms in total. The molecule has 1 heterocycles. The van der Waals surface area contributed by atoms with Crippen LogP contribution < -0.4 is 5.32 Å². The van der Waals surface area contributed by atoms with Gasteiger partial charge in [-0.15, -0.1) is 0 Å². The van der Waals surface area contributed by atoms with E-state index in [2.05, 4.69) is 49.5 Å². The van der Waals surface area contributed by atoms with E-state index in [-0.39, 0.29) is 35.0 Å². The Bertz CT molecular complexity index is 1100. The zero-order valence-corrected chi connectivity index (χ0v) is 20.7. The second-order valence-electron chi connectivity index (χ2n) is 11.4. The van der Waals surface area contributed by atoms with E-state index in [1.54, 1.807) is 4.31 Å². The molecule has 180 valence electrons. The molecule has 0 radical (unpaired) electrons. The van der Waals surface area contributed by atoms with E-state index in [4.69, 9.17) is 0 Å². The minimum absolute atomic E-state index is 0.0565. The number of carbonyl (C=O) groups is 1. The lowest BCUT2D eigenvalue weighted by molar-refractivity contribution is -0.124. The summed E-state index contributed by atoms with van der Waals surface area (Å²) >= 11 is 0. The van der Waals surface area contributed by atoms with Crippen molar-refractivity contribution < 1.29 is 18.3 Å². The second kappa shape index (κ2) is 7.40. The largest absolute Gasteiger partial charge is 0.387 e. The van der Waals surface area contributed by atoms with Crippen LogP contribution in [0.4, 0.5) is 0 Å². The van der Waals surface area contributed by atoms with E-state index in [1.165, 1.54) is 18.1 Å². The van der Waals surface area contributed by atoms with Crippen LogP contribution in [-0.2, 0) is 20.2 Å². The minimum Gasteiger partial charge on any atom is -0.387 e. The zero-order chi connectivity index (χ0) is 23.7. The average molecular weight is 473 g/mol. The first kappa shape index (κ1) is 23.1. The summed E-state index contributed by atoms with van der Waals surface area (Å²) in [7, 11) is -3.58. The summed E-state index contributed by atoms with van der Waals surface area (Å²) < 4.78 is 29.2. The van der Waals surface area contributed by atoms with Gasteiger partial charge in [0.2, 0.25) is 15.9 Å². The van der Waals surface area contributed by atoms with Crippen molar-refractivity contribution in [2.24, 2.45) is 16.7 Å². The molecule has 1 amide bonds. The van der Waals surface area contributed by atoms with Gasteiger partial charge in [-0.05, 0) is 54.6 Å². The van der Waals surface area contributed by atoms with Crippen LogP contribution in [0.2, 0.25) is 0 Å². The van der Waals surface area contributed by atoms with E-state index in [1.807, 2.05) is 6.07 Å². The molecule has 1 spiro atoms. The summed E-state index contributed by atoms with van der Waals surface area (Å²) in [4.78, 5) is 11.6. The summed E-state index contributed by atoms with van der Waals surface area (Å²) in [6, 6.07) is 8.39. The molecule has 3 atom stereocenters. The van der Waals surface area contributed by atoms with Crippen molar-refractivity contribution in [1.82, 2.24) is 9.62 Å². The van der Waals surface area contributed by atoms with Gasteiger partial charge in [0.05, 0.1) is 11.4 Å². The molecule has 7 heteroatoms. The summed E-state index contributed by atoms with van der Waals surface area (Å²) in [5.74, 6) is 0.00314. The van der Waals surface area contributed by atoms with Crippen molar-refractivity contribution in [2.75, 3.05) is 25.4 Å². The van der Waals surface area contributed by atoms with E-state index in [9.17, 15) is 18.3 Å². The van der Waals surface area contributed by atoms with Crippen molar-refractivity contribution >= 4 is 22.0 Å². The number of allylic oxidation sites excluding steroid dienone is 1. The zero-order valence-electron chi connectivity index (χ0n) is 19.9. The topological polar surface area (TPSA) is 86.7 Å². The summed E-state index contributed by atoms with van der Waals surface area (Å²) in [5, 5.41) is 14.5. The maximum Gasteiger partial charge on any atom is 0.216 e. The highest BCUT2D eigenvalue weighted by Crippen LogP contribution is 2.70. The molecule has 4 aliphatic rings. The van der Waals surface area contributed by atoms with Crippen molar-refractivity contribution in [1.29, 1.82) is 0 Å². The fourth-order valence-corrected chi connectivity index (χ4v) is 9.96. The van der Waals surface area contributed by atoms with Crippen LogP contribution >= 0.6 is 0 Å². The van der Waals surface area contributed by atoms with Crippen LogP contribution in [0.3, 0.4) is 0 Å². The third-order valence-corrected chi connectivity index (χ3v) is 11.8. The predicted molar refractivity (Wildman–Crippen MR) is 129 cm³/mol. The molecule has 2 bridgehead atoms. The molecule has 0 unspecified atom stereocenters. The third-order valence-electron chi connectivity index (χ3n) is 9.79. The molecule has 1 aromatic carbocycles. The lowest BCUT2D eigenvalue weighted by atomic mass is 9.64. The molecule has 3 fully saturated rings. The van der Waals surface area contributed by atoms with Gasteiger partial charge in [-0.1, -0.05) is 50.3 Å².